The Labute approximate surface area is 157 Å². The zero-order valence-corrected chi connectivity index (χ0v) is 15.4. The summed E-state index contributed by atoms with van der Waals surface area (Å²) in [6.07, 6.45) is 1.36. The third-order valence-electron chi connectivity index (χ3n) is 4.74. The van der Waals surface area contributed by atoms with Gasteiger partial charge in [-0.15, -0.1) is 0 Å². The fourth-order valence-electron chi connectivity index (χ4n) is 3.47. The molecule has 1 aliphatic rings. The van der Waals surface area contributed by atoms with Gasteiger partial charge < -0.3 is 10.2 Å². The van der Waals surface area contributed by atoms with Crippen LogP contribution in [0.1, 0.15) is 34.3 Å². The van der Waals surface area contributed by atoms with Gasteiger partial charge in [0.05, 0.1) is 5.92 Å². The highest BCUT2D eigenvalue weighted by atomic mass is 19.2. The van der Waals surface area contributed by atoms with Gasteiger partial charge in [-0.2, -0.15) is 0 Å². The number of benzene rings is 2. The molecule has 2 aromatic rings. The lowest BCUT2D eigenvalue weighted by Gasteiger charge is -2.32. The van der Waals surface area contributed by atoms with E-state index in [1.54, 1.807) is 4.90 Å². The van der Waals surface area contributed by atoms with Gasteiger partial charge >= 0.3 is 0 Å². The van der Waals surface area contributed by atoms with Crippen molar-refractivity contribution in [2.24, 2.45) is 5.92 Å². The molecular formula is C21H22F2N2O2. The fraction of sp³-hybridized carbons (Fsp3) is 0.333. The molecule has 0 spiro atoms. The van der Waals surface area contributed by atoms with Gasteiger partial charge in [0, 0.05) is 30.4 Å². The van der Waals surface area contributed by atoms with Gasteiger partial charge in [-0.25, -0.2) is 8.78 Å². The Morgan fingerprint density at radius 1 is 1.04 bits per heavy atom. The van der Waals surface area contributed by atoms with Crippen LogP contribution in [0.15, 0.2) is 36.4 Å². The maximum Gasteiger partial charge on any atom is 0.253 e. The van der Waals surface area contributed by atoms with E-state index in [9.17, 15) is 18.4 Å². The van der Waals surface area contributed by atoms with Gasteiger partial charge in [-0.1, -0.05) is 17.2 Å². The van der Waals surface area contributed by atoms with E-state index in [1.807, 2.05) is 32.0 Å². The molecule has 4 nitrogen and oxygen atoms in total. The van der Waals surface area contributed by atoms with Crippen LogP contribution < -0.4 is 5.32 Å². The molecule has 1 atom stereocenters. The number of nitrogens with zero attached hydrogens (tertiary/aromatic N) is 1. The van der Waals surface area contributed by atoms with E-state index in [2.05, 4.69) is 5.32 Å². The molecule has 0 aromatic heterocycles. The Morgan fingerprint density at radius 2 is 1.74 bits per heavy atom. The molecule has 1 aliphatic heterocycles. The minimum Gasteiger partial charge on any atom is -0.338 e. The van der Waals surface area contributed by atoms with Gasteiger partial charge in [0.15, 0.2) is 11.6 Å². The molecule has 0 unspecified atom stereocenters. The van der Waals surface area contributed by atoms with E-state index in [4.69, 9.17) is 0 Å². The van der Waals surface area contributed by atoms with E-state index in [0.717, 1.165) is 23.3 Å². The number of carbonyl (C=O) groups is 2. The lowest BCUT2D eigenvalue weighted by atomic mass is 9.96. The molecular weight excluding hydrogens is 350 g/mol. The fourth-order valence-corrected chi connectivity index (χ4v) is 3.47. The minimum atomic E-state index is -1.01. The molecule has 6 heteroatoms. The van der Waals surface area contributed by atoms with Crippen molar-refractivity contribution < 1.29 is 18.4 Å². The molecule has 27 heavy (non-hydrogen) atoms. The molecule has 1 fully saturated rings. The molecule has 1 heterocycles. The molecule has 2 aromatic carbocycles. The number of amides is 2. The van der Waals surface area contributed by atoms with Gasteiger partial charge in [0.25, 0.3) is 5.91 Å². The van der Waals surface area contributed by atoms with Crippen LogP contribution in [0, 0.1) is 31.4 Å². The number of carbonyl (C=O) groups excluding carboxylic acids is 2. The van der Waals surface area contributed by atoms with Crippen molar-refractivity contribution in [1.82, 2.24) is 4.90 Å². The number of likely N-dealkylation sites (tertiary alicyclic amines) is 1. The molecule has 0 aliphatic carbocycles. The normalized spacial score (nSPS) is 16.9. The average Bonchev–Trinajstić information content (AvgIpc) is 2.63. The zero-order chi connectivity index (χ0) is 19.6. The quantitative estimate of drug-likeness (QED) is 0.883. The topological polar surface area (TPSA) is 49.4 Å². The van der Waals surface area contributed by atoms with Crippen LogP contribution in [-0.2, 0) is 4.79 Å². The lowest BCUT2D eigenvalue weighted by molar-refractivity contribution is -0.121. The lowest BCUT2D eigenvalue weighted by Crippen LogP contribution is -2.43. The molecule has 1 N–H and O–H groups in total. The van der Waals surface area contributed by atoms with Crippen molar-refractivity contribution in [2.45, 2.75) is 26.7 Å². The highest BCUT2D eigenvalue weighted by molar-refractivity contribution is 5.96. The van der Waals surface area contributed by atoms with E-state index in [1.165, 1.54) is 6.07 Å². The summed E-state index contributed by atoms with van der Waals surface area (Å²) in [5.74, 6) is -2.74. The SMILES string of the molecule is Cc1cc(C)cc(C(=O)N2CCC[C@H](C(=O)Nc3ccc(F)c(F)c3)C2)c1. The standard InChI is InChI=1S/C21H22F2N2O2/c1-13-8-14(2)10-16(9-13)21(27)25-7-3-4-15(12-25)20(26)24-17-5-6-18(22)19(23)11-17/h5-6,8-11,15H,3-4,7,12H2,1-2H3,(H,24,26)/t15-/m0/s1. The third-order valence-corrected chi connectivity index (χ3v) is 4.74. The van der Waals surface area contributed by atoms with Crippen LogP contribution in [0.5, 0.6) is 0 Å². The summed E-state index contributed by atoms with van der Waals surface area (Å²) in [4.78, 5) is 27.0. The Morgan fingerprint density at radius 3 is 2.41 bits per heavy atom. The van der Waals surface area contributed by atoms with Gasteiger partial charge in [0.1, 0.15) is 0 Å². The van der Waals surface area contributed by atoms with E-state index in [0.29, 0.717) is 31.5 Å². The Hall–Kier alpha value is -2.76. The van der Waals surface area contributed by atoms with Crippen LogP contribution in [0.25, 0.3) is 0 Å². The van der Waals surface area contributed by atoms with Crippen molar-refractivity contribution >= 4 is 17.5 Å². The number of aryl methyl sites for hydroxylation is 2. The first kappa shape index (κ1) is 19.0. The summed E-state index contributed by atoms with van der Waals surface area (Å²) >= 11 is 0. The first-order valence-corrected chi connectivity index (χ1v) is 8.97. The maximum atomic E-state index is 13.3. The first-order valence-electron chi connectivity index (χ1n) is 8.97. The second-order valence-electron chi connectivity index (χ2n) is 7.08. The Kier molecular flexibility index (Phi) is 5.54. The molecule has 0 radical (unpaired) electrons. The predicted octanol–water partition coefficient (Wildman–Crippen LogP) is 4.07. The Balaban J connectivity index is 1.68. The van der Waals surface area contributed by atoms with E-state index >= 15 is 0 Å². The molecule has 142 valence electrons. The average molecular weight is 372 g/mol. The second kappa shape index (κ2) is 7.86. The molecule has 0 saturated carbocycles. The smallest absolute Gasteiger partial charge is 0.253 e. The molecule has 2 amide bonds. The number of piperidine rings is 1. The summed E-state index contributed by atoms with van der Waals surface area (Å²) in [6, 6.07) is 8.94. The Bertz CT molecular complexity index is 862. The van der Waals surface area contributed by atoms with Crippen LogP contribution in [-0.4, -0.2) is 29.8 Å². The highest BCUT2D eigenvalue weighted by Crippen LogP contribution is 2.22. The monoisotopic (exact) mass is 372 g/mol. The van der Waals surface area contributed by atoms with Crippen molar-refractivity contribution in [1.29, 1.82) is 0 Å². The largest absolute Gasteiger partial charge is 0.338 e. The van der Waals surface area contributed by atoms with E-state index < -0.39 is 11.6 Å². The molecule has 0 bridgehead atoms. The summed E-state index contributed by atoms with van der Waals surface area (Å²) in [5, 5.41) is 2.61. The van der Waals surface area contributed by atoms with Gasteiger partial charge in [0.2, 0.25) is 5.91 Å². The number of nitrogens with one attached hydrogen (secondary N) is 1. The maximum absolute atomic E-state index is 13.3. The number of anilines is 1. The van der Waals surface area contributed by atoms with Crippen LogP contribution >= 0.6 is 0 Å². The zero-order valence-electron chi connectivity index (χ0n) is 15.4. The van der Waals surface area contributed by atoms with Crippen molar-refractivity contribution in [3.63, 3.8) is 0 Å². The van der Waals surface area contributed by atoms with Crippen LogP contribution in [0.3, 0.4) is 0 Å². The predicted molar refractivity (Wildman–Crippen MR) is 99.5 cm³/mol. The third kappa shape index (κ3) is 4.51. The van der Waals surface area contributed by atoms with Gasteiger partial charge in [-0.3, -0.25) is 9.59 Å². The summed E-state index contributed by atoms with van der Waals surface area (Å²) < 4.78 is 26.3. The molecule has 1 saturated heterocycles. The first-order chi connectivity index (χ1) is 12.8. The second-order valence-corrected chi connectivity index (χ2v) is 7.08. The number of hydrogen-bond acceptors (Lipinski definition) is 2. The number of halogens is 2. The van der Waals surface area contributed by atoms with Crippen molar-refractivity contribution in [3.05, 3.63) is 64.7 Å². The van der Waals surface area contributed by atoms with Crippen molar-refractivity contribution in [2.75, 3.05) is 18.4 Å². The van der Waals surface area contributed by atoms with Crippen molar-refractivity contribution in [3.8, 4) is 0 Å². The van der Waals surface area contributed by atoms with Crippen LogP contribution in [0.4, 0.5) is 14.5 Å². The van der Waals surface area contributed by atoms with Crippen LogP contribution in [0.2, 0.25) is 0 Å². The van der Waals surface area contributed by atoms with E-state index in [-0.39, 0.29) is 23.4 Å². The summed E-state index contributed by atoms with van der Waals surface area (Å²) in [6.45, 7) is 4.79. The highest BCUT2D eigenvalue weighted by Gasteiger charge is 2.29. The molecule has 3 rings (SSSR count). The number of rotatable bonds is 3. The minimum absolute atomic E-state index is 0.0906. The summed E-state index contributed by atoms with van der Waals surface area (Å²) in [7, 11) is 0. The van der Waals surface area contributed by atoms with Gasteiger partial charge in [-0.05, 0) is 51.0 Å². The number of hydrogen-bond donors (Lipinski definition) is 1. The summed E-state index contributed by atoms with van der Waals surface area (Å²) in [5.41, 5.74) is 2.86.